The lowest BCUT2D eigenvalue weighted by atomic mass is 9.92. The molecule has 0 radical (unpaired) electrons. The predicted molar refractivity (Wildman–Crippen MR) is 142 cm³/mol. The van der Waals surface area contributed by atoms with E-state index in [0.29, 0.717) is 33.4 Å². The molecule has 0 saturated heterocycles. The molecule has 0 aliphatic heterocycles. The number of nitrogens with one attached hydrogen (secondary N) is 2. The van der Waals surface area contributed by atoms with Crippen molar-refractivity contribution in [3.05, 3.63) is 83.2 Å². The summed E-state index contributed by atoms with van der Waals surface area (Å²) >= 11 is 0. The normalized spacial score (nSPS) is 11.4. The summed E-state index contributed by atoms with van der Waals surface area (Å²) in [4.78, 5) is 37.9. The van der Waals surface area contributed by atoms with Crippen molar-refractivity contribution < 1.29 is 23.2 Å². The van der Waals surface area contributed by atoms with Gasteiger partial charge in [-0.1, -0.05) is 32.9 Å². The smallest absolute Gasteiger partial charge is 0.257 e. The van der Waals surface area contributed by atoms with E-state index in [-0.39, 0.29) is 29.5 Å². The number of hydrogen-bond donors (Lipinski definition) is 2. The number of carbonyl (C=O) groups excluding carboxylic acids is 3. The van der Waals surface area contributed by atoms with Crippen molar-refractivity contribution in [2.45, 2.75) is 34.1 Å². The topological polar surface area (TPSA) is 88.4 Å². The quantitative estimate of drug-likeness (QED) is 0.338. The van der Waals surface area contributed by atoms with Crippen LogP contribution in [-0.2, 0) is 4.79 Å². The number of imide groups is 1. The van der Waals surface area contributed by atoms with E-state index in [0.717, 1.165) is 16.7 Å². The van der Waals surface area contributed by atoms with Crippen molar-refractivity contribution >= 4 is 28.7 Å². The Labute approximate surface area is 214 Å². The Morgan fingerprint density at radius 1 is 0.892 bits per heavy atom. The molecule has 3 aromatic carbocycles. The third-order valence-electron chi connectivity index (χ3n) is 6.00. The van der Waals surface area contributed by atoms with Crippen molar-refractivity contribution in [3.8, 4) is 22.5 Å². The van der Waals surface area contributed by atoms with Gasteiger partial charge in [-0.05, 0) is 77.6 Å². The lowest BCUT2D eigenvalue weighted by Crippen LogP contribution is -2.33. The highest BCUT2D eigenvalue weighted by Gasteiger charge is 2.23. The molecule has 2 N–H and O–H groups in total. The fourth-order valence-electron chi connectivity index (χ4n) is 4.22. The minimum absolute atomic E-state index is 0.229. The Balaban J connectivity index is 1.76. The Kier molecular flexibility index (Phi) is 6.99. The molecule has 3 amide bonds. The maximum atomic E-state index is 13.5. The molecule has 0 saturated carbocycles. The van der Waals surface area contributed by atoms with Crippen molar-refractivity contribution in [2.75, 3.05) is 7.05 Å². The van der Waals surface area contributed by atoms with E-state index in [1.165, 1.54) is 19.2 Å². The Morgan fingerprint density at radius 2 is 1.57 bits per heavy atom. The largest absolute Gasteiger partial charge is 0.455 e. The number of fused-ring (bicyclic) bond motifs is 1. The van der Waals surface area contributed by atoms with Crippen LogP contribution >= 0.6 is 0 Å². The van der Waals surface area contributed by atoms with Crippen LogP contribution in [0.15, 0.2) is 65.1 Å². The van der Waals surface area contributed by atoms with E-state index in [1.807, 2.05) is 45.9 Å². The number of rotatable bonds is 5. The molecule has 4 aromatic rings. The molecule has 0 unspecified atom stereocenters. The molecule has 0 fully saturated rings. The average molecular weight is 501 g/mol. The van der Waals surface area contributed by atoms with Crippen LogP contribution in [0.2, 0.25) is 0 Å². The van der Waals surface area contributed by atoms with Crippen LogP contribution in [0.1, 0.15) is 53.5 Å². The molecule has 0 aliphatic rings. The first kappa shape index (κ1) is 25.8. The second kappa shape index (κ2) is 10.0. The zero-order valence-electron chi connectivity index (χ0n) is 21.5. The fourth-order valence-corrected chi connectivity index (χ4v) is 4.22. The van der Waals surface area contributed by atoms with Crippen LogP contribution in [0.25, 0.3) is 33.4 Å². The van der Waals surface area contributed by atoms with Gasteiger partial charge < -0.3 is 9.73 Å². The van der Waals surface area contributed by atoms with Crippen LogP contribution in [0.3, 0.4) is 0 Å². The first-order chi connectivity index (χ1) is 17.5. The average Bonchev–Trinajstić information content (AvgIpc) is 3.21. The summed E-state index contributed by atoms with van der Waals surface area (Å²) < 4.78 is 19.5. The maximum Gasteiger partial charge on any atom is 0.257 e. The van der Waals surface area contributed by atoms with Gasteiger partial charge in [-0.15, -0.1) is 0 Å². The van der Waals surface area contributed by atoms with Crippen LogP contribution in [0, 0.1) is 18.2 Å². The maximum absolute atomic E-state index is 13.5. The highest BCUT2D eigenvalue weighted by atomic mass is 19.1. The second-order valence-corrected chi connectivity index (χ2v) is 10.2. The molecule has 0 spiro atoms. The molecule has 37 heavy (non-hydrogen) atoms. The molecular weight excluding hydrogens is 471 g/mol. The monoisotopic (exact) mass is 500 g/mol. The molecule has 1 heterocycles. The van der Waals surface area contributed by atoms with E-state index >= 15 is 0 Å². The predicted octanol–water partition coefficient (Wildman–Crippen LogP) is 6.27. The number of halogens is 1. The van der Waals surface area contributed by atoms with E-state index in [1.54, 1.807) is 30.3 Å². The van der Waals surface area contributed by atoms with E-state index in [9.17, 15) is 18.8 Å². The first-order valence-corrected chi connectivity index (χ1v) is 12.0. The van der Waals surface area contributed by atoms with Crippen LogP contribution < -0.4 is 10.6 Å². The van der Waals surface area contributed by atoms with Crippen LogP contribution in [0.5, 0.6) is 0 Å². The van der Waals surface area contributed by atoms with Gasteiger partial charge in [0.2, 0.25) is 5.91 Å². The molecule has 0 aliphatic carbocycles. The van der Waals surface area contributed by atoms with Crippen molar-refractivity contribution in [3.63, 3.8) is 0 Å². The Morgan fingerprint density at radius 3 is 2.22 bits per heavy atom. The highest BCUT2D eigenvalue weighted by Crippen LogP contribution is 2.37. The van der Waals surface area contributed by atoms with Gasteiger partial charge in [0.25, 0.3) is 11.8 Å². The minimum Gasteiger partial charge on any atom is -0.455 e. The third kappa shape index (κ3) is 5.61. The summed E-state index contributed by atoms with van der Waals surface area (Å²) in [6.45, 7) is 7.72. The number of carbonyl (C=O) groups is 3. The van der Waals surface area contributed by atoms with E-state index < -0.39 is 5.91 Å². The standard InChI is InChI=1S/C30H29FN2O4/c1-17-6-7-20(28(35)33-25(34)16-30(2,3)4)15-22(17)19-10-13-24-23(14-19)26(29(36)32-5)27(37-24)18-8-11-21(31)12-9-18/h6-15H,16H2,1-5H3,(H,32,36)(H,33,34,35). The van der Waals surface area contributed by atoms with E-state index in [4.69, 9.17) is 4.42 Å². The molecular formula is C30H29FN2O4. The molecule has 6 nitrogen and oxygen atoms in total. The van der Waals surface area contributed by atoms with Crippen molar-refractivity contribution in [1.82, 2.24) is 10.6 Å². The van der Waals surface area contributed by atoms with Gasteiger partial charge in [-0.25, -0.2) is 4.39 Å². The molecule has 190 valence electrons. The SMILES string of the molecule is CNC(=O)c1c(-c2ccc(F)cc2)oc2ccc(-c3cc(C(=O)NC(=O)CC(C)(C)C)ccc3C)cc12. The number of benzene rings is 3. The molecule has 0 bridgehead atoms. The summed E-state index contributed by atoms with van der Waals surface area (Å²) in [5.74, 6) is -1.18. The Bertz CT molecular complexity index is 1510. The summed E-state index contributed by atoms with van der Waals surface area (Å²) in [6.07, 6.45) is 0.229. The number of furan rings is 1. The van der Waals surface area contributed by atoms with Gasteiger partial charge in [-0.3, -0.25) is 19.7 Å². The van der Waals surface area contributed by atoms with Crippen molar-refractivity contribution in [2.24, 2.45) is 5.41 Å². The summed E-state index contributed by atoms with van der Waals surface area (Å²) in [7, 11) is 1.53. The van der Waals surface area contributed by atoms with Gasteiger partial charge >= 0.3 is 0 Å². The minimum atomic E-state index is -0.468. The summed E-state index contributed by atoms with van der Waals surface area (Å²) in [6, 6.07) is 16.4. The zero-order chi connectivity index (χ0) is 26.9. The van der Waals surface area contributed by atoms with Gasteiger partial charge in [0.1, 0.15) is 17.2 Å². The second-order valence-electron chi connectivity index (χ2n) is 10.2. The third-order valence-corrected chi connectivity index (χ3v) is 6.00. The van der Waals surface area contributed by atoms with E-state index in [2.05, 4.69) is 10.6 Å². The highest BCUT2D eigenvalue weighted by molar-refractivity contribution is 6.12. The lowest BCUT2D eigenvalue weighted by Gasteiger charge is -2.17. The Hall–Kier alpha value is -4.26. The van der Waals surface area contributed by atoms with Crippen LogP contribution in [0.4, 0.5) is 4.39 Å². The first-order valence-electron chi connectivity index (χ1n) is 12.0. The van der Waals surface area contributed by atoms with Gasteiger partial charge in [0.15, 0.2) is 0 Å². The molecule has 4 rings (SSSR count). The van der Waals surface area contributed by atoms with Crippen LogP contribution in [-0.4, -0.2) is 24.8 Å². The summed E-state index contributed by atoms with van der Waals surface area (Å²) in [5.41, 5.74) is 4.01. The fraction of sp³-hybridized carbons (Fsp3) is 0.233. The van der Waals surface area contributed by atoms with Gasteiger partial charge in [0, 0.05) is 30.0 Å². The lowest BCUT2D eigenvalue weighted by molar-refractivity contribution is -0.121. The van der Waals surface area contributed by atoms with Gasteiger partial charge in [0.05, 0.1) is 5.56 Å². The summed E-state index contributed by atoms with van der Waals surface area (Å²) in [5, 5.41) is 5.71. The molecule has 7 heteroatoms. The number of aryl methyl sites for hydroxylation is 1. The molecule has 0 atom stereocenters. The van der Waals surface area contributed by atoms with Gasteiger partial charge in [-0.2, -0.15) is 0 Å². The zero-order valence-corrected chi connectivity index (χ0v) is 21.5. The molecule has 1 aromatic heterocycles. The number of hydrogen-bond acceptors (Lipinski definition) is 4. The number of amides is 3. The van der Waals surface area contributed by atoms with Crippen molar-refractivity contribution in [1.29, 1.82) is 0 Å².